The molecular weight excluding hydrogens is 281 g/mol. The Balaban J connectivity index is 2.50. The average molecular weight is 299 g/mol. The van der Waals surface area contributed by atoms with Gasteiger partial charge in [-0.05, 0) is 13.8 Å². The van der Waals surface area contributed by atoms with E-state index in [1.54, 1.807) is 6.92 Å². The predicted molar refractivity (Wildman–Crippen MR) is 73.5 cm³/mol. The van der Waals surface area contributed by atoms with Crippen LogP contribution in [0.1, 0.15) is 20.1 Å². The summed E-state index contributed by atoms with van der Waals surface area (Å²) in [5.74, 6) is 0.193. The van der Waals surface area contributed by atoms with Crippen LogP contribution in [0.5, 0.6) is 5.88 Å². The third kappa shape index (κ3) is 3.03. The van der Waals surface area contributed by atoms with Gasteiger partial charge < -0.3 is 20.3 Å². The number of anilines is 1. The highest BCUT2D eigenvalue weighted by Crippen LogP contribution is 2.27. The van der Waals surface area contributed by atoms with E-state index in [4.69, 9.17) is 20.3 Å². The van der Waals surface area contributed by atoms with Crippen molar-refractivity contribution in [1.29, 1.82) is 0 Å². The number of fused-ring (bicyclic) bond motifs is 1. The van der Waals surface area contributed by atoms with E-state index >= 15 is 0 Å². The Morgan fingerprint density at radius 1 is 1.43 bits per heavy atom. The number of alkyl halides is 1. The number of methoxy groups -OCH3 is 1. The smallest absolute Gasteiger partial charge is 0.246 e. The van der Waals surface area contributed by atoms with Gasteiger partial charge in [0.05, 0.1) is 26.1 Å². The number of halogens is 1. The van der Waals surface area contributed by atoms with E-state index in [1.165, 1.54) is 24.9 Å². The van der Waals surface area contributed by atoms with Crippen LogP contribution in [-0.4, -0.2) is 50.6 Å². The molecule has 0 aliphatic heterocycles. The summed E-state index contributed by atoms with van der Waals surface area (Å²) in [6.45, 7) is 2.76. The van der Waals surface area contributed by atoms with Gasteiger partial charge in [-0.15, -0.1) is 0 Å². The Kier molecular flexibility index (Phi) is 4.53. The maximum atomic E-state index is 13.9. The molecule has 0 fully saturated rings. The largest absolute Gasteiger partial charge is 0.479 e. The normalized spacial score (nSPS) is 15.9. The fourth-order valence-corrected chi connectivity index (χ4v) is 1.91. The first-order valence-corrected chi connectivity index (χ1v) is 6.42. The Morgan fingerprint density at radius 2 is 2.14 bits per heavy atom. The highest BCUT2D eigenvalue weighted by atomic mass is 19.1. The van der Waals surface area contributed by atoms with Crippen molar-refractivity contribution in [2.75, 3.05) is 19.5 Å². The minimum atomic E-state index is -1.35. The van der Waals surface area contributed by atoms with Crippen molar-refractivity contribution in [3.63, 3.8) is 0 Å². The van der Waals surface area contributed by atoms with E-state index in [0.29, 0.717) is 11.2 Å². The van der Waals surface area contributed by atoms with Gasteiger partial charge >= 0.3 is 0 Å². The summed E-state index contributed by atoms with van der Waals surface area (Å²) in [4.78, 5) is 12.1. The Bertz CT molecular complexity index is 618. The van der Waals surface area contributed by atoms with Gasteiger partial charge in [0, 0.05) is 0 Å². The number of rotatable bonds is 6. The summed E-state index contributed by atoms with van der Waals surface area (Å²) in [6, 6.07) is 0. The van der Waals surface area contributed by atoms with Crippen molar-refractivity contribution < 1.29 is 19.0 Å². The number of nitrogens with two attached hydrogens (primary N) is 1. The molecule has 0 radical (unpaired) electrons. The minimum absolute atomic E-state index is 0.0124. The van der Waals surface area contributed by atoms with Gasteiger partial charge in [0.25, 0.3) is 0 Å². The molecule has 116 valence electrons. The lowest BCUT2D eigenvalue weighted by Gasteiger charge is -2.24. The molecule has 0 saturated carbocycles. The van der Waals surface area contributed by atoms with Crippen molar-refractivity contribution in [2.45, 2.75) is 32.4 Å². The molecule has 0 amide bonds. The fraction of sp³-hybridized carbons (Fsp3) is 0.583. The third-order valence-electron chi connectivity index (χ3n) is 2.90. The number of nitrogen functional groups attached to an aromatic ring is 1. The van der Waals surface area contributed by atoms with Crippen molar-refractivity contribution >= 4 is 17.1 Å². The fourth-order valence-electron chi connectivity index (χ4n) is 1.91. The highest BCUT2D eigenvalue weighted by molar-refractivity contribution is 5.77. The molecule has 3 unspecified atom stereocenters. The monoisotopic (exact) mass is 299 g/mol. The van der Waals surface area contributed by atoms with Gasteiger partial charge in [-0.3, -0.25) is 4.57 Å². The number of hydrogen-bond acceptors (Lipinski definition) is 7. The van der Waals surface area contributed by atoms with Crippen molar-refractivity contribution in [2.24, 2.45) is 0 Å². The molecule has 3 N–H and O–H groups in total. The Morgan fingerprint density at radius 3 is 2.71 bits per heavy atom. The van der Waals surface area contributed by atoms with Crippen LogP contribution in [0.15, 0.2) is 6.33 Å². The Labute approximate surface area is 120 Å². The number of aromatic nitrogens is 4. The van der Waals surface area contributed by atoms with Crippen LogP contribution in [0.25, 0.3) is 11.2 Å². The minimum Gasteiger partial charge on any atom is -0.479 e. The third-order valence-corrected chi connectivity index (χ3v) is 2.90. The number of hydrogen-bond donors (Lipinski definition) is 2. The van der Waals surface area contributed by atoms with Gasteiger partial charge in [0.2, 0.25) is 11.8 Å². The topological polar surface area (TPSA) is 108 Å². The number of aliphatic hydroxyl groups excluding tert-OH is 1. The summed E-state index contributed by atoms with van der Waals surface area (Å²) in [5.41, 5.74) is 6.28. The summed E-state index contributed by atoms with van der Waals surface area (Å²) in [6.07, 6.45) is -1.49. The number of aliphatic hydroxyl groups is 1. The summed E-state index contributed by atoms with van der Waals surface area (Å²) < 4.78 is 25.9. The second-order valence-corrected chi connectivity index (χ2v) is 4.61. The summed E-state index contributed by atoms with van der Waals surface area (Å²) >= 11 is 0. The van der Waals surface area contributed by atoms with Crippen LogP contribution < -0.4 is 10.5 Å². The van der Waals surface area contributed by atoms with E-state index < -0.39 is 18.5 Å². The van der Waals surface area contributed by atoms with E-state index in [1.807, 2.05) is 0 Å². The first-order chi connectivity index (χ1) is 9.97. The molecule has 0 aromatic carbocycles. The first-order valence-electron chi connectivity index (χ1n) is 6.42. The SMILES string of the molecule is COc1nc(N)nc2c1ncn2C(OC(C)CO)C(C)F. The van der Waals surface area contributed by atoms with Crippen LogP contribution in [0, 0.1) is 0 Å². The average Bonchev–Trinajstić information content (AvgIpc) is 2.86. The lowest BCUT2D eigenvalue weighted by molar-refractivity contribution is -0.0963. The van der Waals surface area contributed by atoms with Crippen LogP contribution in [0.4, 0.5) is 10.3 Å². The number of imidazole rings is 1. The maximum Gasteiger partial charge on any atom is 0.246 e. The zero-order chi connectivity index (χ0) is 15.6. The lowest BCUT2D eigenvalue weighted by Crippen LogP contribution is -2.27. The second kappa shape index (κ2) is 6.19. The molecule has 8 nitrogen and oxygen atoms in total. The quantitative estimate of drug-likeness (QED) is 0.807. The standard InChI is InChI=1S/C12H18FN5O3/c1-6(4-19)21-11(7(2)13)18-5-15-8-9(18)16-12(14)17-10(8)20-3/h5-7,11,19H,4H2,1-3H3,(H2,14,16,17). The second-order valence-electron chi connectivity index (χ2n) is 4.61. The van der Waals surface area contributed by atoms with Crippen LogP contribution in [0.3, 0.4) is 0 Å². The summed E-state index contributed by atoms with van der Waals surface area (Å²) in [7, 11) is 1.43. The van der Waals surface area contributed by atoms with Crippen molar-refractivity contribution in [3.05, 3.63) is 6.33 Å². The zero-order valence-electron chi connectivity index (χ0n) is 12.0. The lowest BCUT2D eigenvalue weighted by atomic mass is 10.3. The molecule has 9 heteroatoms. The molecule has 0 aliphatic carbocycles. The molecule has 0 spiro atoms. The van der Waals surface area contributed by atoms with Crippen LogP contribution in [0.2, 0.25) is 0 Å². The van der Waals surface area contributed by atoms with E-state index in [-0.39, 0.29) is 18.4 Å². The molecule has 2 rings (SSSR count). The number of ether oxygens (including phenoxy) is 2. The molecule has 2 aromatic heterocycles. The highest BCUT2D eigenvalue weighted by Gasteiger charge is 2.25. The maximum absolute atomic E-state index is 13.9. The predicted octanol–water partition coefficient (Wildman–Crippen LogP) is 0.671. The van der Waals surface area contributed by atoms with Gasteiger partial charge in [0.15, 0.2) is 17.4 Å². The molecule has 2 aromatic rings. The molecule has 2 heterocycles. The van der Waals surface area contributed by atoms with E-state index in [2.05, 4.69) is 15.0 Å². The molecular formula is C12H18FN5O3. The van der Waals surface area contributed by atoms with E-state index in [9.17, 15) is 4.39 Å². The van der Waals surface area contributed by atoms with Crippen molar-refractivity contribution in [1.82, 2.24) is 19.5 Å². The van der Waals surface area contributed by atoms with Gasteiger partial charge in [0.1, 0.15) is 6.17 Å². The number of nitrogens with zero attached hydrogens (tertiary/aromatic N) is 4. The first kappa shape index (κ1) is 15.4. The van der Waals surface area contributed by atoms with Crippen LogP contribution >= 0.6 is 0 Å². The van der Waals surface area contributed by atoms with Gasteiger partial charge in [-0.25, -0.2) is 9.37 Å². The molecule has 0 bridgehead atoms. The van der Waals surface area contributed by atoms with Crippen LogP contribution in [-0.2, 0) is 4.74 Å². The van der Waals surface area contributed by atoms with Gasteiger partial charge in [-0.1, -0.05) is 0 Å². The molecule has 0 saturated heterocycles. The van der Waals surface area contributed by atoms with Gasteiger partial charge in [-0.2, -0.15) is 9.97 Å². The molecule has 0 aliphatic rings. The molecule has 21 heavy (non-hydrogen) atoms. The van der Waals surface area contributed by atoms with E-state index in [0.717, 1.165) is 0 Å². The van der Waals surface area contributed by atoms with Crippen molar-refractivity contribution in [3.8, 4) is 5.88 Å². The molecule has 3 atom stereocenters. The Hall–Kier alpha value is -2.00. The summed E-state index contributed by atoms with van der Waals surface area (Å²) in [5, 5.41) is 9.06. The zero-order valence-corrected chi connectivity index (χ0v) is 12.0.